The average molecular weight is 282 g/mol. The van der Waals surface area contributed by atoms with Gasteiger partial charge in [0.05, 0.1) is 5.56 Å². The number of rotatable bonds is 4. The first-order valence-corrected chi connectivity index (χ1v) is 7.07. The van der Waals surface area contributed by atoms with E-state index in [0.717, 1.165) is 25.9 Å². The van der Waals surface area contributed by atoms with E-state index in [9.17, 15) is 9.18 Å². The van der Waals surface area contributed by atoms with Gasteiger partial charge in [0.1, 0.15) is 5.82 Å². The lowest BCUT2D eigenvalue weighted by Gasteiger charge is -2.22. The summed E-state index contributed by atoms with van der Waals surface area (Å²) in [6, 6.07) is 4.63. The van der Waals surface area contributed by atoms with E-state index in [-0.39, 0.29) is 11.5 Å². The van der Waals surface area contributed by atoms with Crippen molar-refractivity contribution >= 4 is 18.5 Å². The molecule has 0 spiro atoms. The second-order valence-electron chi connectivity index (χ2n) is 4.80. The normalized spacial score (nSPS) is 19.6. The molecule has 104 valence electrons. The van der Waals surface area contributed by atoms with Gasteiger partial charge in [0, 0.05) is 17.5 Å². The van der Waals surface area contributed by atoms with Crippen molar-refractivity contribution in [1.82, 2.24) is 10.2 Å². The van der Waals surface area contributed by atoms with Crippen LogP contribution in [0.1, 0.15) is 30.1 Å². The van der Waals surface area contributed by atoms with Gasteiger partial charge in [-0.25, -0.2) is 4.39 Å². The number of nitrogens with zero attached hydrogens (tertiary/aromatic N) is 1. The fourth-order valence-corrected chi connectivity index (χ4v) is 2.74. The summed E-state index contributed by atoms with van der Waals surface area (Å²) in [5, 5.41) is 2.82. The molecule has 1 aliphatic rings. The van der Waals surface area contributed by atoms with Gasteiger partial charge in [-0.3, -0.25) is 9.69 Å². The van der Waals surface area contributed by atoms with Crippen LogP contribution in [0.15, 0.2) is 23.1 Å². The molecular weight excluding hydrogens is 263 g/mol. The number of carbonyl (C=O) groups excluding carboxylic acids is 1. The lowest BCUT2D eigenvalue weighted by molar-refractivity contribution is 0.0937. The van der Waals surface area contributed by atoms with Crippen LogP contribution in [0.2, 0.25) is 0 Å². The van der Waals surface area contributed by atoms with E-state index in [0.29, 0.717) is 17.5 Å². The zero-order chi connectivity index (χ0) is 13.8. The first-order valence-electron chi connectivity index (χ1n) is 6.62. The number of hydrogen-bond donors (Lipinski definition) is 2. The Morgan fingerprint density at radius 2 is 2.37 bits per heavy atom. The Morgan fingerprint density at radius 3 is 3.11 bits per heavy atom. The molecule has 1 unspecified atom stereocenters. The predicted molar refractivity (Wildman–Crippen MR) is 76.3 cm³/mol. The molecule has 0 saturated carbocycles. The number of amides is 1. The van der Waals surface area contributed by atoms with Gasteiger partial charge in [0.15, 0.2) is 0 Å². The molecule has 2 rings (SSSR count). The van der Waals surface area contributed by atoms with Crippen molar-refractivity contribution in [1.29, 1.82) is 0 Å². The van der Waals surface area contributed by atoms with Gasteiger partial charge in [-0.05, 0) is 44.1 Å². The third-order valence-electron chi connectivity index (χ3n) is 3.60. The number of halogens is 1. The highest BCUT2D eigenvalue weighted by Crippen LogP contribution is 2.17. The molecule has 0 aromatic heterocycles. The molecule has 1 aliphatic heterocycles. The maximum Gasteiger partial charge on any atom is 0.254 e. The van der Waals surface area contributed by atoms with Crippen LogP contribution in [0.5, 0.6) is 0 Å². The largest absolute Gasteiger partial charge is 0.350 e. The van der Waals surface area contributed by atoms with Gasteiger partial charge >= 0.3 is 0 Å². The topological polar surface area (TPSA) is 32.3 Å². The fraction of sp³-hybridized carbons (Fsp3) is 0.500. The minimum Gasteiger partial charge on any atom is -0.350 e. The van der Waals surface area contributed by atoms with Gasteiger partial charge in [0.25, 0.3) is 5.91 Å². The third kappa shape index (κ3) is 3.48. The lowest BCUT2D eigenvalue weighted by Crippen LogP contribution is -2.40. The summed E-state index contributed by atoms with van der Waals surface area (Å²) >= 11 is 4.13. The van der Waals surface area contributed by atoms with Crippen molar-refractivity contribution in [2.75, 3.05) is 19.6 Å². The molecule has 1 aromatic carbocycles. The van der Waals surface area contributed by atoms with E-state index in [1.165, 1.54) is 18.2 Å². The molecule has 5 heteroatoms. The molecule has 0 bridgehead atoms. The quantitative estimate of drug-likeness (QED) is 0.831. The van der Waals surface area contributed by atoms with Crippen LogP contribution in [0.4, 0.5) is 4.39 Å². The minimum atomic E-state index is -0.505. The molecular formula is C14H19FN2OS. The van der Waals surface area contributed by atoms with Crippen molar-refractivity contribution in [3.8, 4) is 0 Å². The highest BCUT2D eigenvalue weighted by atomic mass is 32.1. The summed E-state index contributed by atoms with van der Waals surface area (Å²) in [6.45, 7) is 4.76. The first kappa shape index (κ1) is 14.3. The van der Waals surface area contributed by atoms with Crippen molar-refractivity contribution in [3.05, 3.63) is 29.6 Å². The van der Waals surface area contributed by atoms with Crippen molar-refractivity contribution in [3.63, 3.8) is 0 Å². The third-order valence-corrected chi connectivity index (χ3v) is 3.88. The summed E-state index contributed by atoms with van der Waals surface area (Å²) in [4.78, 5) is 14.9. The fourth-order valence-electron chi connectivity index (χ4n) is 2.54. The van der Waals surface area contributed by atoms with Gasteiger partial charge in [0.2, 0.25) is 0 Å². The van der Waals surface area contributed by atoms with Gasteiger partial charge < -0.3 is 5.32 Å². The molecule has 1 aromatic rings. The van der Waals surface area contributed by atoms with Crippen LogP contribution in [-0.2, 0) is 0 Å². The minimum absolute atomic E-state index is 0.0635. The number of nitrogens with one attached hydrogen (secondary N) is 1. The molecule has 0 radical (unpaired) electrons. The van der Waals surface area contributed by atoms with Crippen LogP contribution in [0, 0.1) is 5.82 Å². The van der Waals surface area contributed by atoms with E-state index in [1.54, 1.807) is 0 Å². The second kappa shape index (κ2) is 6.39. The number of likely N-dealkylation sites (tertiary alicyclic amines) is 1. The van der Waals surface area contributed by atoms with Gasteiger partial charge in [-0.15, -0.1) is 12.6 Å². The summed E-state index contributed by atoms with van der Waals surface area (Å²) in [5.74, 6) is -0.870. The molecule has 19 heavy (non-hydrogen) atoms. The standard InChI is InChI=1S/C14H19FN2OS/c1-2-17-7-3-4-10(17)9-16-14(18)12-8-11(19)5-6-13(12)15/h5-6,8,10,19H,2-4,7,9H2,1H3,(H,16,18). The summed E-state index contributed by atoms with van der Waals surface area (Å²) in [7, 11) is 0. The number of thiol groups is 1. The Kier molecular flexibility index (Phi) is 4.82. The molecule has 0 aliphatic carbocycles. The van der Waals surface area contributed by atoms with Crippen LogP contribution in [-0.4, -0.2) is 36.5 Å². The van der Waals surface area contributed by atoms with Gasteiger partial charge in [-0.1, -0.05) is 6.92 Å². The first-order chi connectivity index (χ1) is 9.11. The maximum absolute atomic E-state index is 13.6. The van der Waals surface area contributed by atoms with Crippen LogP contribution >= 0.6 is 12.6 Å². The Hall–Kier alpha value is -1.07. The highest BCUT2D eigenvalue weighted by molar-refractivity contribution is 7.80. The van der Waals surface area contributed by atoms with Crippen LogP contribution in [0.3, 0.4) is 0 Å². The van der Waals surface area contributed by atoms with Gasteiger partial charge in [-0.2, -0.15) is 0 Å². The number of benzene rings is 1. The maximum atomic E-state index is 13.6. The number of likely N-dealkylation sites (N-methyl/N-ethyl adjacent to an activating group) is 1. The average Bonchev–Trinajstić information content (AvgIpc) is 2.86. The Labute approximate surface area is 118 Å². The molecule has 1 saturated heterocycles. The lowest BCUT2D eigenvalue weighted by atomic mass is 10.1. The smallest absolute Gasteiger partial charge is 0.254 e. The highest BCUT2D eigenvalue weighted by Gasteiger charge is 2.23. The second-order valence-corrected chi connectivity index (χ2v) is 5.32. The van der Waals surface area contributed by atoms with Crippen molar-refractivity contribution in [2.45, 2.75) is 30.7 Å². The van der Waals surface area contributed by atoms with E-state index in [1.807, 2.05) is 0 Å². The Morgan fingerprint density at radius 1 is 1.58 bits per heavy atom. The van der Waals surface area contributed by atoms with Crippen LogP contribution < -0.4 is 5.32 Å². The van der Waals surface area contributed by atoms with E-state index in [4.69, 9.17) is 0 Å². The summed E-state index contributed by atoms with van der Waals surface area (Å²) < 4.78 is 13.6. The van der Waals surface area contributed by atoms with Crippen molar-refractivity contribution in [2.24, 2.45) is 0 Å². The number of carbonyl (C=O) groups is 1. The predicted octanol–water partition coefficient (Wildman–Crippen LogP) is 2.33. The monoisotopic (exact) mass is 282 g/mol. The molecule has 3 nitrogen and oxygen atoms in total. The van der Waals surface area contributed by atoms with E-state index >= 15 is 0 Å². The Bertz CT molecular complexity index is 467. The molecule has 1 fully saturated rings. The molecule has 1 heterocycles. The number of hydrogen-bond acceptors (Lipinski definition) is 3. The van der Waals surface area contributed by atoms with Crippen molar-refractivity contribution < 1.29 is 9.18 Å². The molecule has 1 amide bonds. The zero-order valence-corrected chi connectivity index (χ0v) is 11.9. The van der Waals surface area contributed by atoms with Crippen LogP contribution in [0.25, 0.3) is 0 Å². The zero-order valence-electron chi connectivity index (χ0n) is 11.0. The van der Waals surface area contributed by atoms with E-state index in [2.05, 4.69) is 29.8 Å². The Balaban J connectivity index is 1.96. The summed E-state index contributed by atoms with van der Waals surface area (Å²) in [5.41, 5.74) is 0.0635. The SMILES string of the molecule is CCN1CCCC1CNC(=O)c1cc(S)ccc1F. The van der Waals surface area contributed by atoms with E-state index < -0.39 is 5.82 Å². The molecule has 1 N–H and O–H groups in total. The summed E-state index contributed by atoms with van der Waals surface area (Å²) in [6.07, 6.45) is 2.25. The molecule has 1 atom stereocenters.